The minimum atomic E-state index is -1.04. The van der Waals surface area contributed by atoms with Crippen LogP contribution in [0.15, 0.2) is 12.1 Å². The molecule has 0 saturated heterocycles. The van der Waals surface area contributed by atoms with Gasteiger partial charge in [0, 0.05) is 0 Å². The molecule has 0 bridgehead atoms. The summed E-state index contributed by atoms with van der Waals surface area (Å²) in [4.78, 5) is 21.4. The second kappa shape index (κ2) is 3.57. The van der Waals surface area contributed by atoms with Gasteiger partial charge in [0.1, 0.15) is 15.7 Å². The second-order valence-corrected chi connectivity index (χ2v) is 3.09. The van der Waals surface area contributed by atoms with Crippen molar-refractivity contribution >= 4 is 38.6 Å². The van der Waals surface area contributed by atoms with Crippen LogP contribution in [0.1, 0.15) is 20.7 Å². The van der Waals surface area contributed by atoms with Crippen LogP contribution in [0.4, 0.5) is 0 Å². The minimum absolute atomic E-state index is 0.146. The Morgan fingerprint density at radius 2 is 1.21 bits per heavy atom. The van der Waals surface area contributed by atoms with Gasteiger partial charge in [-0.25, -0.2) is 9.59 Å². The summed E-state index contributed by atoms with van der Waals surface area (Å²) in [5, 5.41) is 17.5. The third kappa shape index (κ3) is 1.79. The molecule has 0 fully saturated rings. The molecule has 70 valence electrons. The summed E-state index contributed by atoms with van der Waals surface area (Å²) in [5.41, 5.74) is 1.21. The van der Waals surface area contributed by atoms with Crippen molar-refractivity contribution in [3.63, 3.8) is 0 Å². The highest BCUT2D eigenvalue weighted by molar-refractivity contribution is 6.41. The molecule has 1 aromatic rings. The van der Waals surface area contributed by atoms with Crippen LogP contribution in [0.2, 0.25) is 0 Å². The molecule has 0 spiro atoms. The SMILES string of the molecule is Bc1cc(C(=O)O)c(B)cc1C(=O)O. The molecule has 0 atom stereocenters. The quantitative estimate of drug-likeness (QED) is 0.509. The maximum atomic E-state index is 10.7. The first kappa shape index (κ1) is 10.4. The number of benzene rings is 1. The van der Waals surface area contributed by atoms with E-state index in [2.05, 4.69) is 0 Å². The van der Waals surface area contributed by atoms with Crippen LogP contribution in [0.3, 0.4) is 0 Å². The number of hydrogen-bond acceptors (Lipinski definition) is 2. The van der Waals surface area contributed by atoms with E-state index < -0.39 is 11.9 Å². The van der Waals surface area contributed by atoms with E-state index in [1.54, 1.807) is 15.7 Å². The predicted molar refractivity (Wildman–Crippen MR) is 56.7 cm³/mol. The fourth-order valence-corrected chi connectivity index (χ4v) is 1.28. The van der Waals surface area contributed by atoms with Gasteiger partial charge in [0.05, 0.1) is 11.1 Å². The summed E-state index contributed by atoms with van der Waals surface area (Å²) in [6, 6.07) is 2.75. The van der Waals surface area contributed by atoms with Crippen molar-refractivity contribution in [2.24, 2.45) is 0 Å². The van der Waals surface area contributed by atoms with E-state index in [9.17, 15) is 9.59 Å². The van der Waals surface area contributed by atoms with E-state index in [4.69, 9.17) is 10.2 Å². The predicted octanol–water partition coefficient (Wildman–Crippen LogP) is -2.40. The monoisotopic (exact) mass is 190 g/mol. The van der Waals surface area contributed by atoms with Gasteiger partial charge < -0.3 is 10.2 Å². The highest BCUT2D eigenvalue weighted by Crippen LogP contribution is 1.98. The lowest BCUT2D eigenvalue weighted by Gasteiger charge is -2.06. The largest absolute Gasteiger partial charge is 0.478 e. The van der Waals surface area contributed by atoms with E-state index >= 15 is 0 Å². The lowest BCUT2D eigenvalue weighted by atomic mass is 9.81. The van der Waals surface area contributed by atoms with Crippen LogP contribution >= 0.6 is 0 Å². The van der Waals surface area contributed by atoms with E-state index in [0.717, 1.165) is 0 Å². The van der Waals surface area contributed by atoms with Crippen LogP contribution in [-0.4, -0.2) is 37.8 Å². The van der Waals surface area contributed by atoms with Crippen LogP contribution in [0.5, 0.6) is 0 Å². The Morgan fingerprint density at radius 1 is 0.929 bits per heavy atom. The van der Waals surface area contributed by atoms with Gasteiger partial charge in [0.25, 0.3) is 0 Å². The Morgan fingerprint density at radius 3 is 1.43 bits per heavy atom. The zero-order valence-corrected chi connectivity index (χ0v) is 7.87. The first-order chi connectivity index (χ1) is 6.43. The van der Waals surface area contributed by atoms with Crippen molar-refractivity contribution in [1.29, 1.82) is 0 Å². The average molecular weight is 190 g/mol. The van der Waals surface area contributed by atoms with E-state index in [-0.39, 0.29) is 11.1 Å². The summed E-state index contributed by atoms with van der Waals surface area (Å²) in [6.07, 6.45) is 0. The lowest BCUT2D eigenvalue weighted by Crippen LogP contribution is -2.26. The van der Waals surface area contributed by atoms with Crippen LogP contribution in [0, 0.1) is 0 Å². The fraction of sp³-hybridized carbons (Fsp3) is 0. The summed E-state index contributed by atoms with van der Waals surface area (Å²) >= 11 is 0. The van der Waals surface area contributed by atoms with Gasteiger partial charge in [0.15, 0.2) is 0 Å². The molecule has 0 aliphatic carbocycles. The van der Waals surface area contributed by atoms with Crippen molar-refractivity contribution in [1.82, 2.24) is 0 Å². The molecule has 1 rings (SSSR count). The van der Waals surface area contributed by atoms with Gasteiger partial charge in [0.2, 0.25) is 0 Å². The van der Waals surface area contributed by atoms with Crippen LogP contribution < -0.4 is 10.9 Å². The molecule has 0 unspecified atom stereocenters. The normalized spacial score (nSPS) is 9.71. The van der Waals surface area contributed by atoms with Gasteiger partial charge in [-0.15, -0.1) is 0 Å². The lowest BCUT2D eigenvalue weighted by molar-refractivity contribution is 0.0683. The molecule has 0 aromatic heterocycles. The molecule has 0 radical (unpaired) electrons. The van der Waals surface area contributed by atoms with Crippen LogP contribution in [0.25, 0.3) is 0 Å². The van der Waals surface area contributed by atoms with Crippen molar-refractivity contribution < 1.29 is 19.8 Å². The maximum absolute atomic E-state index is 10.7. The molecule has 0 aliphatic heterocycles. The number of carboxylic acids is 2. The molecular weight excluding hydrogens is 182 g/mol. The molecule has 0 aliphatic rings. The van der Waals surface area contributed by atoms with Gasteiger partial charge in [-0.05, 0) is 0 Å². The topological polar surface area (TPSA) is 74.6 Å². The number of aromatic carboxylic acids is 2. The van der Waals surface area contributed by atoms with E-state index in [0.29, 0.717) is 10.9 Å². The Balaban J connectivity index is 3.38. The number of carbonyl (C=O) groups is 2. The van der Waals surface area contributed by atoms with Gasteiger partial charge in [-0.3, -0.25) is 0 Å². The Kier molecular flexibility index (Phi) is 2.65. The highest BCUT2D eigenvalue weighted by atomic mass is 16.4. The van der Waals surface area contributed by atoms with Crippen molar-refractivity contribution in [2.45, 2.75) is 0 Å². The first-order valence-electron chi connectivity index (χ1n) is 4.01. The molecule has 14 heavy (non-hydrogen) atoms. The minimum Gasteiger partial charge on any atom is -0.478 e. The number of rotatable bonds is 2. The smallest absolute Gasteiger partial charge is 0.335 e. The molecular formula is C8H8B2O4. The molecule has 6 heteroatoms. The first-order valence-corrected chi connectivity index (χ1v) is 4.01. The highest BCUT2D eigenvalue weighted by Gasteiger charge is 2.13. The Hall–Kier alpha value is -1.71. The van der Waals surface area contributed by atoms with Gasteiger partial charge >= 0.3 is 11.9 Å². The van der Waals surface area contributed by atoms with E-state index in [1.807, 2.05) is 0 Å². The standard InChI is InChI=1S/C8H8B2O4/c9-5-1-3(7(11)12)6(10)2-4(5)8(13)14/h1-2H,9-10H2,(H,11,12)(H,13,14). The van der Waals surface area contributed by atoms with Gasteiger partial charge in [-0.2, -0.15) is 0 Å². The van der Waals surface area contributed by atoms with Crippen LogP contribution in [-0.2, 0) is 0 Å². The molecule has 0 saturated carbocycles. The third-order valence-corrected chi connectivity index (χ3v) is 2.03. The summed E-state index contributed by atoms with van der Waals surface area (Å²) in [6.45, 7) is 0. The van der Waals surface area contributed by atoms with Crippen molar-refractivity contribution in [3.05, 3.63) is 23.3 Å². The van der Waals surface area contributed by atoms with Gasteiger partial charge in [-0.1, -0.05) is 23.1 Å². The van der Waals surface area contributed by atoms with Crippen molar-refractivity contribution in [3.8, 4) is 0 Å². The second-order valence-electron chi connectivity index (χ2n) is 3.09. The van der Waals surface area contributed by atoms with E-state index in [1.165, 1.54) is 12.1 Å². The molecule has 0 heterocycles. The molecule has 2 N–H and O–H groups in total. The average Bonchev–Trinajstić information content (AvgIpc) is 2.07. The summed E-state index contributed by atoms with van der Waals surface area (Å²) < 4.78 is 0. The number of carboxylic acid groups (broad SMARTS) is 2. The Bertz CT molecular complexity index is 374. The zero-order valence-electron chi connectivity index (χ0n) is 7.87. The fourth-order valence-electron chi connectivity index (χ4n) is 1.28. The molecule has 4 nitrogen and oxygen atoms in total. The third-order valence-electron chi connectivity index (χ3n) is 2.03. The summed E-state index contributed by atoms with van der Waals surface area (Å²) in [5.74, 6) is -2.08. The molecule has 1 aromatic carbocycles. The zero-order chi connectivity index (χ0) is 10.9. The summed E-state index contributed by atoms with van der Waals surface area (Å²) in [7, 11) is 3.16. The molecule has 0 amide bonds. The van der Waals surface area contributed by atoms with Crippen molar-refractivity contribution in [2.75, 3.05) is 0 Å². The Labute approximate surface area is 82.4 Å². The number of hydrogen-bond donors (Lipinski definition) is 2. The maximum Gasteiger partial charge on any atom is 0.335 e.